The van der Waals surface area contributed by atoms with Crippen LogP contribution in [-0.4, -0.2) is 41.8 Å². The van der Waals surface area contributed by atoms with Crippen LogP contribution in [-0.2, 0) is 22.4 Å². The predicted molar refractivity (Wildman–Crippen MR) is 72.5 cm³/mol. The molecule has 0 unspecified atom stereocenters. The Morgan fingerprint density at radius 2 is 2.25 bits per heavy atom. The summed E-state index contributed by atoms with van der Waals surface area (Å²) in [5, 5.41) is 7.85. The largest absolute Gasteiger partial charge is 0.464 e. The van der Waals surface area contributed by atoms with Crippen molar-refractivity contribution in [2.75, 3.05) is 20.8 Å². The molecule has 0 N–H and O–H groups in total. The van der Waals surface area contributed by atoms with Gasteiger partial charge in [0.25, 0.3) is 0 Å². The Labute approximate surface area is 124 Å². The molecule has 108 valence electrons. The first-order valence-corrected chi connectivity index (χ1v) is 6.68. The van der Waals surface area contributed by atoms with Gasteiger partial charge < -0.3 is 13.9 Å². The lowest BCUT2D eigenvalue weighted by atomic mass is 10.2. The molecular weight excluding hydrogens is 330 g/mol. The van der Waals surface area contributed by atoms with Gasteiger partial charge in [0.15, 0.2) is 10.4 Å². The highest BCUT2D eigenvalue weighted by Gasteiger charge is 2.20. The first-order chi connectivity index (χ1) is 9.65. The second-order valence-corrected chi connectivity index (χ2v) is 4.76. The highest BCUT2D eigenvalue weighted by molar-refractivity contribution is 9.10. The number of esters is 1. The molecule has 8 heteroatoms. The molecule has 0 spiro atoms. The molecule has 20 heavy (non-hydrogen) atoms. The summed E-state index contributed by atoms with van der Waals surface area (Å²) >= 11 is 3.24. The van der Waals surface area contributed by atoms with Crippen LogP contribution < -0.4 is 0 Å². The lowest BCUT2D eigenvalue weighted by molar-refractivity contribution is 0.0592. The Morgan fingerprint density at radius 1 is 1.45 bits per heavy atom. The van der Waals surface area contributed by atoms with Crippen molar-refractivity contribution in [2.24, 2.45) is 0 Å². The van der Waals surface area contributed by atoms with Crippen LogP contribution in [0.3, 0.4) is 0 Å². The van der Waals surface area contributed by atoms with Crippen molar-refractivity contribution in [3.05, 3.63) is 34.0 Å². The smallest absolute Gasteiger partial charge is 0.360 e. The van der Waals surface area contributed by atoms with Gasteiger partial charge in [0.2, 0.25) is 0 Å². The summed E-state index contributed by atoms with van der Waals surface area (Å²) in [4.78, 5) is 11.7. The van der Waals surface area contributed by atoms with E-state index >= 15 is 0 Å². The van der Waals surface area contributed by atoms with Crippen molar-refractivity contribution < 1.29 is 18.7 Å². The molecule has 0 atom stereocenters. The highest BCUT2D eigenvalue weighted by atomic mass is 79.9. The fourth-order valence-corrected chi connectivity index (χ4v) is 2.09. The van der Waals surface area contributed by atoms with Crippen LogP contribution in [0.25, 0.3) is 0 Å². The molecule has 7 nitrogen and oxygen atoms in total. The maximum atomic E-state index is 11.7. The van der Waals surface area contributed by atoms with Gasteiger partial charge in [0.1, 0.15) is 12.3 Å². The summed E-state index contributed by atoms with van der Waals surface area (Å²) in [6.07, 6.45) is 0.510. The van der Waals surface area contributed by atoms with Crippen LogP contribution in [0.1, 0.15) is 21.9 Å². The molecule has 0 saturated heterocycles. The Bertz CT molecular complexity index is 593. The minimum absolute atomic E-state index is 0.204. The molecule has 2 rings (SSSR count). The quantitative estimate of drug-likeness (QED) is 0.742. The fraction of sp³-hybridized carbons (Fsp3) is 0.417. The maximum Gasteiger partial charge on any atom is 0.360 e. The minimum Gasteiger partial charge on any atom is -0.464 e. The summed E-state index contributed by atoms with van der Waals surface area (Å²) in [5.41, 5.74) is 0.862. The van der Waals surface area contributed by atoms with E-state index in [4.69, 9.17) is 13.9 Å². The molecule has 0 aliphatic heterocycles. The number of hydrogen-bond donors (Lipinski definition) is 0. The lowest BCUT2D eigenvalue weighted by Gasteiger charge is -2.05. The minimum atomic E-state index is -0.511. The fourth-order valence-electron chi connectivity index (χ4n) is 1.75. The van der Waals surface area contributed by atoms with Gasteiger partial charge >= 0.3 is 5.97 Å². The Kier molecular flexibility index (Phi) is 4.91. The summed E-state index contributed by atoms with van der Waals surface area (Å²) in [5.74, 6) is 0.194. The Hall–Kier alpha value is -1.67. The van der Waals surface area contributed by atoms with Crippen LogP contribution in [0.15, 0.2) is 21.2 Å². The monoisotopic (exact) mass is 343 g/mol. The summed E-state index contributed by atoms with van der Waals surface area (Å²) in [6.45, 7) is 0.841. The SMILES string of the molecule is COCCc1c(C(=O)OC)nnn1Cc1ccc(Br)o1. The number of halogens is 1. The molecular formula is C12H14BrN3O4. The average Bonchev–Trinajstić information content (AvgIpc) is 3.03. The standard InChI is InChI=1S/C12H14BrN3O4/c1-18-6-5-9-11(12(17)19-2)14-15-16(9)7-8-3-4-10(13)20-8/h3-4H,5-7H2,1-2H3. The molecule has 0 radical (unpaired) electrons. The van der Waals surface area contributed by atoms with E-state index in [2.05, 4.69) is 26.2 Å². The van der Waals surface area contributed by atoms with Gasteiger partial charge in [-0.25, -0.2) is 9.48 Å². The van der Waals surface area contributed by atoms with E-state index in [0.717, 1.165) is 0 Å². The normalized spacial score (nSPS) is 10.8. The summed E-state index contributed by atoms with van der Waals surface area (Å²) in [6, 6.07) is 3.62. The molecule has 0 saturated carbocycles. The van der Waals surface area contributed by atoms with E-state index in [1.807, 2.05) is 6.07 Å². The zero-order chi connectivity index (χ0) is 14.5. The number of nitrogens with zero attached hydrogens (tertiary/aromatic N) is 3. The van der Waals surface area contributed by atoms with Crippen molar-refractivity contribution in [3.63, 3.8) is 0 Å². The maximum absolute atomic E-state index is 11.7. The lowest BCUT2D eigenvalue weighted by Crippen LogP contribution is -2.12. The summed E-state index contributed by atoms with van der Waals surface area (Å²) in [7, 11) is 2.90. The molecule has 2 aromatic rings. The highest BCUT2D eigenvalue weighted by Crippen LogP contribution is 2.16. The van der Waals surface area contributed by atoms with Crippen LogP contribution >= 0.6 is 15.9 Å². The van der Waals surface area contributed by atoms with E-state index in [1.165, 1.54) is 7.11 Å². The van der Waals surface area contributed by atoms with E-state index in [1.54, 1.807) is 17.9 Å². The van der Waals surface area contributed by atoms with Crippen LogP contribution in [0, 0.1) is 0 Å². The van der Waals surface area contributed by atoms with Crippen molar-refractivity contribution in [1.29, 1.82) is 0 Å². The first-order valence-electron chi connectivity index (χ1n) is 5.89. The molecule has 0 aromatic carbocycles. The molecule has 0 fully saturated rings. The third-order valence-electron chi connectivity index (χ3n) is 2.69. The zero-order valence-electron chi connectivity index (χ0n) is 11.1. The molecule has 0 amide bonds. The van der Waals surface area contributed by atoms with Gasteiger partial charge in [-0.05, 0) is 28.1 Å². The Morgan fingerprint density at radius 3 is 2.85 bits per heavy atom. The third kappa shape index (κ3) is 3.26. The van der Waals surface area contributed by atoms with Gasteiger partial charge in [-0.3, -0.25) is 0 Å². The second kappa shape index (κ2) is 6.67. The van der Waals surface area contributed by atoms with Crippen LogP contribution in [0.4, 0.5) is 0 Å². The average molecular weight is 344 g/mol. The van der Waals surface area contributed by atoms with E-state index in [9.17, 15) is 4.79 Å². The topological polar surface area (TPSA) is 79.4 Å². The van der Waals surface area contributed by atoms with Crippen molar-refractivity contribution >= 4 is 21.9 Å². The van der Waals surface area contributed by atoms with Crippen molar-refractivity contribution in [3.8, 4) is 0 Å². The number of rotatable bonds is 6. The third-order valence-corrected chi connectivity index (χ3v) is 3.12. The molecule has 0 bridgehead atoms. The number of carbonyl (C=O) groups is 1. The second-order valence-electron chi connectivity index (χ2n) is 3.98. The number of methoxy groups -OCH3 is 2. The van der Waals surface area contributed by atoms with E-state index in [-0.39, 0.29) is 5.69 Å². The molecule has 0 aliphatic rings. The van der Waals surface area contributed by atoms with Crippen LogP contribution in [0.5, 0.6) is 0 Å². The summed E-state index contributed by atoms with van der Waals surface area (Å²) < 4.78 is 17.4. The number of aromatic nitrogens is 3. The van der Waals surface area contributed by atoms with Gasteiger partial charge in [0, 0.05) is 13.5 Å². The number of hydrogen-bond acceptors (Lipinski definition) is 6. The molecule has 2 heterocycles. The van der Waals surface area contributed by atoms with E-state index < -0.39 is 5.97 Å². The molecule has 0 aliphatic carbocycles. The van der Waals surface area contributed by atoms with Gasteiger partial charge in [-0.15, -0.1) is 5.10 Å². The van der Waals surface area contributed by atoms with Crippen LogP contribution in [0.2, 0.25) is 0 Å². The Balaban J connectivity index is 2.27. The number of ether oxygens (including phenoxy) is 2. The van der Waals surface area contributed by atoms with Gasteiger partial charge in [-0.2, -0.15) is 0 Å². The number of carbonyl (C=O) groups excluding carboxylic acids is 1. The van der Waals surface area contributed by atoms with E-state index in [0.29, 0.717) is 35.7 Å². The predicted octanol–water partition coefficient (Wildman–Crippen LogP) is 1.66. The van der Waals surface area contributed by atoms with Gasteiger partial charge in [-0.1, -0.05) is 5.21 Å². The zero-order valence-corrected chi connectivity index (χ0v) is 12.7. The number of furan rings is 1. The van der Waals surface area contributed by atoms with Crippen molar-refractivity contribution in [2.45, 2.75) is 13.0 Å². The molecule has 2 aromatic heterocycles. The first kappa shape index (κ1) is 14.7. The van der Waals surface area contributed by atoms with Gasteiger partial charge in [0.05, 0.1) is 19.4 Å². The van der Waals surface area contributed by atoms with Crippen molar-refractivity contribution in [1.82, 2.24) is 15.0 Å².